The lowest BCUT2D eigenvalue weighted by molar-refractivity contribution is -0.127. The van der Waals surface area contributed by atoms with E-state index in [4.69, 9.17) is 14.2 Å². The van der Waals surface area contributed by atoms with Crippen LogP contribution in [0, 0.1) is 6.92 Å². The van der Waals surface area contributed by atoms with Crippen LogP contribution in [-0.4, -0.2) is 49.8 Å². The second kappa shape index (κ2) is 9.57. The van der Waals surface area contributed by atoms with Crippen LogP contribution in [0.3, 0.4) is 0 Å². The van der Waals surface area contributed by atoms with E-state index in [-0.39, 0.29) is 11.4 Å². The van der Waals surface area contributed by atoms with E-state index in [1.165, 1.54) is 27.4 Å². The molecular formula is C22H22N2O6S. The topological polar surface area (TPSA) is 94.2 Å². The Hall–Kier alpha value is -3.46. The number of hydrogen-bond donors (Lipinski definition) is 1. The van der Waals surface area contributed by atoms with Gasteiger partial charge >= 0.3 is 0 Å². The number of ether oxygens (including phenoxy) is 3. The summed E-state index contributed by atoms with van der Waals surface area (Å²) in [5.41, 5.74) is 2.18. The highest BCUT2D eigenvalue weighted by Gasteiger charge is 2.36. The molecule has 9 heteroatoms. The summed E-state index contributed by atoms with van der Waals surface area (Å²) in [6.07, 6.45) is 1.53. The van der Waals surface area contributed by atoms with Gasteiger partial charge in [-0.25, -0.2) is 0 Å². The van der Waals surface area contributed by atoms with Gasteiger partial charge in [0, 0.05) is 17.3 Å². The molecular weight excluding hydrogens is 420 g/mol. The monoisotopic (exact) mass is 442 g/mol. The van der Waals surface area contributed by atoms with Crippen molar-refractivity contribution in [3.05, 3.63) is 52.4 Å². The molecule has 2 aromatic carbocycles. The summed E-state index contributed by atoms with van der Waals surface area (Å²) in [5, 5.41) is 2.16. The number of thioether (sulfide) groups is 1. The van der Waals surface area contributed by atoms with Crippen molar-refractivity contribution in [1.82, 2.24) is 4.90 Å². The van der Waals surface area contributed by atoms with Gasteiger partial charge in [-0.15, -0.1) is 0 Å². The molecule has 1 saturated heterocycles. The number of hydrogen-bond acceptors (Lipinski definition) is 7. The predicted molar refractivity (Wildman–Crippen MR) is 119 cm³/mol. The zero-order valence-corrected chi connectivity index (χ0v) is 18.4. The Morgan fingerprint density at radius 3 is 2.23 bits per heavy atom. The Morgan fingerprint density at radius 2 is 1.61 bits per heavy atom. The molecule has 3 amide bonds. The fourth-order valence-electron chi connectivity index (χ4n) is 2.92. The first-order chi connectivity index (χ1) is 14.9. The number of methoxy groups -OCH3 is 3. The van der Waals surface area contributed by atoms with Crippen LogP contribution in [0.1, 0.15) is 11.1 Å². The first-order valence-electron chi connectivity index (χ1n) is 9.28. The lowest BCUT2D eigenvalue weighted by Crippen LogP contribution is -2.36. The molecule has 0 atom stereocenters. The normalized spacial score (nSPS) is 14.7. The average molecular weight is 442 g/mol. The van der Waals surface area contributed by atoms with E-state index in [0.29, 0.717) is 28.5 Å². The molecule has 2 aromatic rings. The molecule has 31 heavy (non-hydrogen) atoms. The van der Waals surface area contributed by atoms with Gasteiger partial charge < -0.3 is 19.5 Å². The molecule has 0 aromatic heterocycles. The van der Waals surface area contributed by atoms with Gasteiger partial charge in [0.25, 0.3) is 11.1 Å². The number of rotatable bonds is 7. The minimum atomic E-state index is -0.550. The molecule has 1 N–H and O–H groups in total. The summed E-state index contributed by atoms with van der Waals surface area (Å²) in [6.45, 7) is 1.56. The highest BCUT2D eigenvalue weighted by atomic mass is 32.2. The van der Waals surface area contributed by atoms with Crippen molar-refractivity contribution in [2.24, 2.45) is 0 Å². The predicted octanol–water partition coefficient (Wildman–Crippen LogP) is 3.70. The first kappa shape index (κ1) is 22.2. The second-order valence-electron chi connectivity index (χ2n) is 6.63. The van der Waals surface area contributed by atoms with Gasteiger partial charge in [-0.2, -0.15) is 0 Å². The molecule has 1 aliphatic heterocycles. The minimum absolute atomic E-state index is 0.179. The van der Waals surface area contributed by atoms with Gasteiger partial charge in [0.2, 0.25) is 5.91 Å². The van der Waals surface area contributed by atoms with Crippen LogP contribution in [0.4, 0.5) is 10.5 Å². The van der Waals surface area contributed by atoms with E-state index in [1.54, 1.807) is 24.3 Å². The number of imide groups is 1. The van der Waals surface area contributed by atoms with Crippen molar-refractivity contribution < 1.29 is 28.6 Å². The van der Waals surface area contributed by atoms with Crippen molar-refractivity contribution in [2.75, 3.05) is 33.2 Å². The van der Waals surface area contributed by atoms with Crippen LogP contribution in [0.25, 0.3) is 6.08 Å². The number of anilines is 1. The third-order valence-corrected chi connectivity index (χ3v) is 5.44. The van der Waals surface area contributed by atoms with Gasteiger partial charge in [0.15, 0.2) is 11.5 Å². The zero-order valence-electron chi connectivity index (χ0n) is 17.6. The van der Waals surface area contributed by atoms with E-state index >= 15 is 0 Å². The average Bonchev–Trinajstić information content (AvgIpc) is 3.02. The number of carbonyl (C=O) groups is 3. The van der Waals surface area contributed by atoms with E-state index in [1.807, 2.05) is 19.1 Å². The maximum Gasteiger partial charge on any atom is 0.294 e. The SMILES string of the molecule is COc1cc(OC)c(OC)cc1C=C1SC(=O)N(CC(=O)Nc2ccc(C)cc2)C1=O. The van der Waals surface area contributed by atoms with Crippen LogP contribution in [-0.2, 0) is 9.59 Å². The van der Waals surface area contributed by atoms with Crippen LogP contribution in [0.5, 0.6) is 17.2 Å². The standard InChI is InChI=1S/C22H22N2O6S/c1-13-5-7-15(8-6-13)23-20(25)12-24-21(26)19(31-22(24)27)10-14-9-17(29-3)18(30-4)11-16(14)28-2/h5-11H,12H2,1-4H3,(H,23,25). The Balaban J connectivity index is 1.78. The maximum absolute atomic E-state index is 12.8. The summed E-state index contributed by atoms with van der Waals surface area (Å²) >= 11 is 0.760. The summed E-state index contributed by atoms with van der Waals surface area (Å²) in [4.78, 5) is 38.6. The largest absolute Gasteiger partial charge is 0.496 e. The van der Waals surface area contributed by atoms with Gasteiger partial charge in [-0.05, 0) is 43.0 Å². The summed E-state index contributed by atoms with van der Waals surface area (Å²) in [6, 6.07) is 10.5. The van der Waals surface area contributed by atoms with Crippen molar-refractivity contribution in [2.45, 2.75) is 6.92 Å². The Morgan fingerprint density at radius 1 is 1.00 bits per heavy atom. The smallest absolute Gasteiger partial charge is 0.294 e. The Bertz CT molecular complexity index is 1050. The number of carbonyl (C=O) groups excluding carboxylic acids is 3. The number of nitrogens with zero attached hydrogens (tertiary/aromatic N) is 1. The fourth-order valence-corrected chi connectivity index (χ4v) is 3.75. The lowest BCUT2D eigenvalue weighted by Gasteiger charge is -2.13. The van der Waals surface area contributed by atoms with Crippen molar-refractivity contribution >= 4 is 40.6 Å². The molecule has 0 saturated carbocycles. The molecule has 0 radical (unpaired) electrons. The van der Waals surface area contributed by atoms with Gasteiger partial charge in [-0.3, -0.25) is 19.3 Å². The molecule has 3 rings (SSSR count). The lowest BCUT2D eigenvalue weighted by atomic mass is 10.1. The molecule has 0 aliphatic carbocycles. The molecule has 0 unspecified atom stereocenters. The van der Waals surface area contributed by atoms with Gasteiger partial charge in [0.1, 0.15) is 12.3 Å². The summed E-state index contributed by atoms with van der Waals surface area (Å²) in [5.74, 6) is 0.354. The summed E-state index contributed by atoms with van der Waals surface area (Å²) < 4.78 is 15.9. The number of amides is 3. The van der Waals surface area contributed by atoms with Gasteiger partial charge in [0.05, 0.1) is 26.2 Å². The van der Waals surface area contributed by atoms with Crippen LogP contribution < -0.4 is 19.5 Å². The second-order valence-corrected chi connectivity index (χ2v) is 7.62. The molecule has 8 nitrogen and oxygen atoms in total. The molecule has 1 heterocycles. The molecule has 0 bridgehead atoms. The van der Waals surface area contributed by atoms with Crippen LogP contribution >= 0.6 is 11.8 Å². The van der Waals surface area contributed by atoms with E-state index in [0.717, 1.165) is 22.2 Å². The maximum atomic E-state index is 12.8. The quantitative estimate of drug-likeness (QED) is 0.654. The molecule has 1 aliphatic rings. The highest BCUT2D eigenvalue weighted by molar-refractivity contribution is 8.18. The number of benzene rings is 2. The van der Waals surface area contributed by atoms with Gasteiger partial charge in [-0.1, -0.05) is 17.7 Å². The van der Waals surface area contributed by atoms with Crippen LogP contribution in [0.2, 0.25) is 0 Å². The molecule has 1 fully saturated rings. The van der Waals surface area contributed by atoms with Crippen molar-refractivity contribution in [1.29, 1.82) is 0 Å². The fraction of sp³-hybridized carbons (Fsp3) is 0.227. The van der Waals surface area contributed by atoms with Crippen molar-refractivity contribution in [3.63, 3.8) is 0 Å². The highest BCUT2D eigenvalue weighted by Crippen LogP contribution is 2.38. The zero-order chi connectivity index (χ0) is 22.5. The van der Waals surface area contributed by atoms with E-state index in [9.17, 15) is 14.4 Å². The van der Waals surface area contributed by atoms with Crippen molar-refractivity contribution in [3.8, 4) is 17.2 Å². The van der Waals surface area contributed by atoms with E-state index < -0.39 is 17.1 Å². The molecule has 162 valence electrons. The number of nitrogens with one attached hydrogen (secondary N) is 1. The van der Waals surface area contributed by atoms with Crippen LogP contribution in [0.15, 0.2) is 41.3 Å². The third kappa shape index (κ3) is 5.00. The first-order valence-corrected chi connectivity index (χ1v) is 10.1. The number of aryl methyl sites for hydroxylation is 1. The third-order valence-electron chi connectivity index (χ3n) is 4.53. The minimum Gasteiger partial charge on any atom is -0.496 e. The van der Waals surface area contributed by atoms with E-state index in [2.05, 4.69) is 5.32 Å². The Kier molecular flexibility index (Phi) is 6.86. The Labute approximate surface area is 184 Å². The summed E-state index contributed by atoms with van der Waals surface area (Å²) in [7, 11) is 4.48. The molecule has 0 spiro atoms.